The predicted octanol–water partition coefficient (Wildman–Crippen LogP) is 1.73. The topological polar surface area (TPSA) is 89.3 Å². The van der Waals surface area contributed by atoms with Gasteiger partial charge in [-0.3, -0.25) is 4.98 Å². The molecule has 3 rings (SSSR count). The molecule has 2 heterocycles. The van der Waals surface area contributed by atoms with Crippen molar-refractivity contribution in [3.63, 3.8) is 0 Å². The number of nitrogens with one attached hydrogen (secondary N) is 2. The first-order chi connectivity index (χ1) is 9.74. The molecule has 2 aromatic rings. The SMILES string of the molecule is Nc1ccc(NC(=O)NC2CCOC2)c2cccnc12. The Labute approximate surface area is 116 Å². The minimum absolute atomic E-state index is 0.0770. The first-order valence-electron chi connectivity index (χ1n) is 6.52. The van der Waals surface area contributed by atoms with Crippen molar-refractivity contribution in [3.05, 3.63) is 30.5 Å². The number of nitrogens with two attached hydrogens (primary N) is 1. The number of fused-ring (bicyclic) bond motifs is 1. The van der Waals surface area contributed by atoms with E-state index < -0.39 is 0 Å². The Kier molecular flexibility index (Phi) is 3.39. The summed E-state index contributed by atoms with van der Waals surface area (Å²) in [7, 11) is 0. The standard InChI is InChI=1S/C14H16N4O2/c15-11-3-4-12(10-2-1-6-16-13(10)11)18-14(19)17-9-5-7-20-8-9/h1-4,6,9H,5,7-8,15H2,(H2,17,18,19). The number of amides is 2. The molecular formula is C14H16N4O2. The van der Waals surface area contributed by atoms with Crippen LogP contribution >= 0.6 is 0 Å². The van der Waals surface area contributed by atoms with Crippen molar-refractivity contribution in [2.45, 2.75) is 12.5 Å². The lowest BCUT2D eigenvalue weighted by Gasteiger charge is -2.13. The maximum absolute atomic E-state index is 12.0. The van der Waals surface area contributed by atoms with Gasteiger partial charge in [0.2, 0.25) is 0 Å². The Bertz CT molecular complexity index is 638. The van der Waals surface area contributed by atoms with Gasteiger partial charge in [-0.1, -0.05) is 0 Å². The van der Waals surface area contributed by atoms with Crippen LogP contribution in [-0.4, -0.2) is 30.3 Å². The van der Waals surface area contributed by atoms with E-state index >= 15 is 0 Å². The molecule has 0 saturated carbocycles. The van der Waals surface area contributed by atoms with Crippen molar-refractivity contribution in [1.29, 1.82) is 0 Å². The molecule has 1 saturated heterocycles. The second kappa shape index (κ2) is 5.34. The zero-order chi connectivity index (χ0) is 13.9. The molecule has 0 radical (unpaired) electrons. The highest BCUT2D eigenvalue weighted by atomic mass is 16.5. The summed E-state index contributed by atoms with van der Waals surface area (Å²) in [4.78, 5) is 16.2. The molecule has 20 heavy (non-hydrogen) atoms. The molecule has 6 nitrogen and oxygen atoms in total. The van der Waals surface area contributed by atoms with Crippen molar-refractivity contribution >= 4 is 28.3 Å². The number of hydrogen-bond donors (Lipinski definition) is 3. The largest absolute Gasteiger partial charge is 0.397 e. The number of aromatic nitrogens is 1. The highest BCUT2D eigenvalue weighted by molar-refractivity contribution is 6.04. The number of rotatable bonds is 2. The van der Waals surface area contributed by atoms with Crippen LogP contribution in [0.15, 0.2) is 30.5 Å². The van der Waals surface area contributed by atoms with E-state index in [1.165, 1.54) is 0 Å². The Morgan fingerprint density at radius 3 is 3.10 bits per heavy atom. The van der Waals surface area contributed by atoms with E-state index in [9.17, 15) is 4.79 Å². The Morgan fingerprint density at radius 2 is 2.30 bits per heavy atom. The molecule has 0 spiro atoms. The molecule has 0 aliphatic carbocycles. The van der Waals surface area contributed by atoms with Gasteiger partial charge in [-0.15, -0.1) is 0 Å². The second-order valence-corrected chi connectivity index (χ2v) is 4.76. The number of urea groups is 1. The van der Waals surface area contributed by atoms with Gasteiger partial charge in [0.05, 0.1) is 29.5 Å². The summed E-state index contributed by atoms with van der Waals surface area (Å²) >= 11 is 0. The average Bonchev–Trinajstić information content (AvgIpc) is 2.95. The molecule has 4 N–H and O–H groups in total. The monoisotopic (exact) mass is 272 g/mol. The maximum Gasteiger partial charge on any atom is 0.319 e. The van der Waals surface area contributed by atoms with E-state index in [1.807, 2.05) is 12.1 Å². The molecule has 0 bridgehead atoms. The summed E-state index contributed by atoms with van der Waals surface area (Å²) < 4.78 is 5.23. The lowest BCUT2D eigenvalue weighted by molar-refractivity contribution is 0.189. The molecular weight excluding hydrogens is 256 g/mol. The van der Waals surface area contributed by atoms with E-state index in [1.54, 1.807) is 18.3 Å². The Balaban J connectivity index is 1.80. The van der Waals surface area contributed by atoms with Crippen LogP contribution in [0.1, 0.15) is 6.42 Å². The fraction of sp³-hybridized carbons (Fsp3) is 0.286. The number of benzene rings is 1. The van der Waals surface area contributed by atoms with Crippen LogP contribution in [0.2, 0.25) is 0 Å². The lowest BCUT2D eigenvalue weighted by Crippen LogP contribution is -2.38. The number of pyridine rings is 1. The van der Waals surface area contributed by atoms with Gasteiger partial charge in [0.1, 0.15) is 0 Å². The lowest BCUT2D eigenvalue weighted by atomic mass is 10.1. The van der Waals surface area contributed by atoms with Crippen molar-refractivity contribution in [1.82, 2.24) is 10.3 Å². The minimum atomic E-state index is -0.240. The highest BCUT2D eigenvalue weighted by Crippen LogP contribution is 2.26. The third kappa shape index (κ3) is 2.50. The van der Waals surface area contributed by atoms with Gasteiger partial charge in [-0.25, -0.2) is 4.79 Å². The normalized spacial score (nSPS) is 18.1. The van der Waals surface area contributed by atoms with E-state index in [4.69, 9.17) is 10.5 Å². The number of carbonyl (C=O) groups excluding carboxylic acids is 1. The van der Waals surface area contributed by atoms with Crippen LogP contribution in [0.25, 0.3) is 10.9 Å². The number of carbonyl (C=O) groups is 1. The highest BCUT2D eigenvalue weighted by Gasteiger charge is 2.18. The molecule has 1 atom stereocenters. The molecule has 1 fully saturated rings. The molecule has 1 aliphatic rings. The van der Waals surface area contributed by atoms with Crippen LogP contribution in [0.4, 0.5) is 16.2 Å². The Hall–Kier alpha value is -2.34. The maximum atomic E-state index is 12.0. The fourth-order valence-electron chi connectivity index (χ4n) is 2.30. The molecule has 104 valence electrons. The van der Waals surface area contributed by atoms with Crippen molar-refractivity contribution < 1.29 is 9.53 Å². The van der Waals surface area contributed by atoms with Gasteiger partial charge in [-0.2, -0.15) is 0 Å². The third-order valence-electron chi connectivity index (χ3n) is 3.31. The van der Waals surface area contributed by atoms with Gasteiger partial charge in [0, 0.05) is 18.2 Å². The molecule has 1 aliphatic heterocycles. The van der Waals surface area contributed by atoms with Crippen LogP contribution in [0.5, 0.6) is 0 Å². The molecule has 1 aromatic heterocycles. The number of ether oxygens (including phenoxy) is 1. The van der Waals surface area contributed by atoms with E-state index in [0.717, 1.165) is 11.8 Å². The molecule has 1 aromatic carbocycles. The van der Waals surface area contributed by atoms with Gasteiger partial charge in [-0.05, 0) is 30.7 Å². The summed E-state index contributed by atoms with van der Waals surface area (Å²) in [5.41, 5.74) is 7.86. The number of hydrogen-bond acceptors (Lipinski definition) is 4. The molecule has 2 amide bonds. The van der Waals surface area contributed by atoms with Crippen molar-refractivity contribution in [2.75, 3.05) is 24.3 Å². The fourth-order valence-corrected chi connectivity index (χ4v) is 2.30. The average molecular weight is 272 g/mol. The predicted molar refractivity (Wildman–Crippen MR) is 77.5 cm³/mol. The summed E-state index contributed by atoms with van der Waals surface area (Å²) in [6.07, 6.45) is 2.52. The first kappa shape index (κ1) is 12.7. The smallest absolute Gasteiger partial charge is 0.319 e. The molecule has 6 heteroatoms. The van der Waals surface area contributed by atoms with Crippen LogP contribution in [-0.2, 0) is 4.74 Å². The van der Waals surface area contributed by atoms with E-state index in [2.05, 4.69) is 15.6 Å². The Morgan fingerprint density at radius 1 is 1.40 bits per heavy atom. The number of anilines is 2. The quantitative estimate of drug-likeness (QED) is 0.726. The number of nitrogens with zero attached hydrogens (tertiary/aromatic N) is 1. The summed E-state index contributed by atoms with van der Waals surface area (Å²) in [6.45, 7) is 1.26. The van der Waals surface area contributed by atoms with Gasteiger partial charge >= 0.3 is 6.03 Å². The van der Waals surface area contributed by atoms with E-state index in [-0.39, 0.29) is 12.1 Å². The molecule has 1 unspecified atom stereocenters. The first-order valence-corrected chi connectivity index (χ1v) is 6.52. The zero-order valence-electron chi connectivity index (χ0n) is 10.9. The second-order valence-electron chi connectivity index (χ2n) is 4.76. The van der Waals surface area contributed by atoms with Crippen LogP contribution in [0.3, 0.4) is 0 Å². The summed E-state index contributed by atoms with van der Waals surface area (Å²) in [5, 5.41) is 6.54. The van der Waals surface area contributed by atoms with E-state index in [0.29, 0.717) is 30.1 Å². The minimum Gasteiger partial charge on any atom is -0.397 e. The van der Waals surface area contributed by atoms with Gasteiger partial charge < -0.3 is 21.1 Å². The van der Waals surface area contributed by atoms with Crippen molar-refractivity contribution in [3.8, 4) is 0 Å². The van der Waals surface area contributed by atoms with Gasteiger partial charge in [0.15, 0.2) is 0 Å². The summed E-state index contributed by atoms with van der Waals surface area (Å²) in [6, 6.07) is 7.06. The summed E-state index contributed by atoms with van der Waals surface area (Å²) in [5.74, 6) is 0. The van der Waals surface area contributed by atoms with Crippen LogP contribution < -0.4 is 16.4 Å². The third-order valence-corrected chi connectivity index (χ3v) is 3.31. The van der Waals surface area contributed by atoms with Crippen molar-refractivity contribution in [2.24, 2.45) is 0 Å². The van der Waals surface area contributed by atoms with Crippen LogP contribution in [0, 0.1) is 0 Å². The van der Waals surface area contributed by atoms with Gasteiger partial charge in [0.25, 0.3) is 0 Å². The zero-order valence-corrected chi connectivity index (χ0v) is 10.9. The number of nitrogen functional groups attached to an aromatic ring is 1.